The third-order valence-corrected chi connectivity index (χ3v) is 2.97. The highest BCUT2D eigenvalue weighted by atomic mass is 15.1. The summed E-state index contributed by atoms with van der Waals surface area (Å²) in [6.07, 6.45) is 2.16. The molecule has 1 heterocycles. The zero-order chi connectivity index (χ0) is 13.4. The van der Waals surface area contributed by atoms with Crippen molar-refractivity contribution in [3.63, 3.8) is 0 Å². The normalized spacial score (nSPS) is 10.9. The van der Waals surface area contributed by atoms with Crippen LogP contribution in [0.25, 0.3) is 0 Å². The SMILES string of the molecule is CCCN(CC)CCNc1cc(CC)nc(C)n1. The minimum atomic E-state index is 0.845. The van der Waals surface area contributed by atoms with Crippen molar-refractivity contribution in [2.75, 3.05) is 31.5 Å². The van der Waals surface area contributed by atoms with E-state index in [1.807, 2.05) is 13.0 Å². The molecule has 0 fully saturated rings. The van der Waals surface area contributed by atoms with Gasteiger partial charge in [0.1, 0.15) is 11.6 Å². The Balaban J connectivity index is 2.45. The molecule has 1 rings (SSSR count). The van der Waals surface area contributed by atoms with Gasteiger partial charge in [-0.1, -0.05) is 20.8 Å². The number of nitrogens with one attached hydrogen (secondary N) is 1. The van der Waals surface area contributed by atoms with Crippen LogP contribution in [-0.2, 0) is 6.42 Å². The fourth-order valence-electron chi connectivity index (χ4n) is 1.99. The van der Waals surface area contributed by atoms with Gasteiger partial charge in [0.25, 0.3) is 0 Å². The lowest BCUT2D eigenvalue weighted by molar-refractivity contribution is 0.300. The predicted molar refractivity (Wildman–Crippen MR) is 77.0 cm³/mol. The van der Waals surface area contributed by atoms with Crippen LogP contribution in [0.4, 0.5) is 5.82 Å². The molecule has 0 aliphatic carbocycles. The fourth-order valence-corrected chi connectivity index (χ4v) is 1.99. The first-order valence-corrected chi connectivity index (χ1v) is 7.00. The van der Waals surface area contributed by atoms with Gasteiger partial charge in [0.2, 0.25) is 0 Å². The minimum Gasteiger partial charge on any atom is -0.369 e. The largest absolute Gasteiger partial charge is 0.369 e. The van der Waals surface area contributed by atoms with E-state index in [1.54, 1.807) is 0 Å². The monoisotopic (exact) mass is 250 g/mol. The van der Waals surface area contributed by atoms with Crippen molar-refractivity contribution >= 4 is 5.82 Å². The molecule has 1 N–H and O–H groups in total. The van der Waals surface area contributed by atoms with Crippen molar-refractivity contribution in [2.45, 2.75) is 40.5 Å². The minimum absolute atomic E-state index is 0.845. The molecule has 18 heavy (non-hydrogen) atoms. The molecule has 1 aromatic heterocycles. The Labute approximate surface area is 111 Å². The van der Waals surface area contributed by atoms with E-state index in [9.17, 15) is 0 Å². The van der Waals surface area contributed by atoms with Crippen LogP contribution in [0.1, 0.15) is 38.7 Å². The summed E-state index contributed by atoms with van der Waals surface area (Å²) in [5.41, 5.74) is 1.10. The van der Waals surface area contributed by atoms with Crippen molar-refractivity contribution in [1.29, 1.82) is 0 Å². The predicted octanol–water partition coefficient (Wildman–Crippen LogP) is 2.49. The highest BCUT2D eigenvalue weighted by molar-refractivity contribution is 5.35. The topological polar surface area (TPSA) is 41.0 Å². The number of hydrogen-bond acceptors (Lipinski definition) is 4. The Morgan fingerprint density at radius 3 is 2.56 bits per heavy atom. The van der Waals surface area contributed by atoms with E-state index >= 15 is 0 Å². The lowest BCUT2D eigenvalue weighted by Crippen LogP contribution is -2.29. The van der Waals surface area contributed by atoms with Crippen molar-refractivity contribution in [1.82, 2.24) is 14.9 Å². The first-order valence-electron chi connectivity index (χ1n) is 7.00. The Kier molecular flexibility index (Phi) is 6.65. The van der Waals surface area contributed by atoms with Gasteiger partial charge < -0.3 is 10.2 Å². The average Bonchev–Trinajstić information content (AvgIpc) is 2.37. The van der Waals surface area contributed by atoms with Gasteiger partial charge in [-0.15, -0.1) is 0 Å². The van der Waals surface area contributed by atoms with E-state index in [0.717, 1.165) is 43.4 Å². The zero-order valence-electron chi connectivity index (χ0n) is 12.2. The number of aromatic nitrogens is 2. The maximum atomic E-state index is 4.41. The van der Waals surface area contributed by atoms with E-state index in [1.165, 1.54) is 13.0 Å². The maximum absolute atomic E-state index is 4.41. The Morgan fingerprint density at radius 2 is 1.94 bits per heavy atom. The Morgan fingerprint density at radius 1 is 1.17 bits per heavy atom. The van der Waals surface area contributed by atoms with Gasteiger partial charge in [0, 0.05) is 24.8 Å². The van der Waals surface area contributed by atoms with Crippen LogP contribution in [0.15, 0.2) is 6.07 Å². The van der Waals surface area contributed by atoms with Crippen molar-refractivity contribution in [2.24, 2.45) is 0 Å². The van der Waals surface area contributed by atoms with Crippen molar-refractivity contribution in [3.05, 3.63) is 17.6 Å². The van der Waals surface area contributed by atoms with Crippen LogP contribution in [0.3, 0.4) is 0 Å². The summed E-state index contributed by atoms with van der Waals surface area (Å²) in [5.74, 6) is 1.80. The summed E-state index contributed by atoms with van der Waals surface area (Å²) >= 11 is 0. The molecule has 0 bridgehead atoms. The van der Waals surface area contributed by atoms with Crippen LogP contribution in [0.2, 0.25) is 0 Å². The molecule has 0 spiro atoms. The molecule has 4 heteroatoms. The lowest BCUT2D eigenvalue weighted by atomic mass is 10.3. The summed E-state index contributed by atoms with van der Waals surface area (Å²) in [5, 5.41) is 3.39. The standard InChI is InChI=1S/C14H26N4/c1-5-9-18(7-3)10-8-15-14-11-13(6-2)16-12(4)17-14/h11H,5-10H2,1-4H3,(H,15,16,17). The van der Waals surface area contributed by atoms with E-state index in [4.69, 9.17) is 0 Å². The highest BCUT2D eigenvalue weighted by Crippen LogP contribution is 2.06. The summed E-state index contributed by atoms with van der Waals surface area (Å²) in [6.45, 7) is 12.8. The smallest absolute Gasteiger partial charge is 0.129 e. The zero-order valence-corrected chi connectivity index (χ0v) is 12.2. The molecule has 1 aromatic rings. The second-order valence-electron chi connectivity index (χ2n) is 4.51. The maximum Gasteiger partial charge on any atom is 0.129 e. The summed E-state index contributed by atoms with van der Waals surface area (Å²) < 4.78 is 0. The van der Waals surface area contributed by atoms with Crippen LogP contribution in [0, 0.1) is 6.92 Å². The molecular formula is C14H26N4. The highest BCUT2D eigenvalue weighted by Gasteiger charge is 2.02. The van der Waals surface area contributed by atoms with E-state index in [0.29, 0.717) is 0 Å². The number of anilines is 1. The van der Waals surface area contributed by atoms with Gasteiger partial charge in [0.05, 0.1) is 0 Å². The molecule has 0 radical (unpaired) electrons. The molecule has 0 aliphatic rings. The number of nitrogens with zero attached hydrogens (tertiary/aromatic N) is 3. The van der Waals surface area contributed by atoms with Crippen LogP contribution >= 0.6 is 0 Å². The van der Waals surface area contributed by atoms with E-state index in [-0.39, 0.29) is 0 Å². The fraction of sp³-hybridized carbons (Fsp3) is 0.714. The molecule has 4 nitrogen and oxygen atoms in total. The number of aryl methyl sites for hydroxylation is 2. The molecular weight excluding hydrogens is 224 g/mol. The van der Waals surface area contributed by atoms with Gasteiger partial charge >= 0.3 is 0 Å². The van der Waals surface area contributed by atoms with Crippen LogP contribution < -0.4 is 5.32 Å². The van der Waals surface area contributed by atoms with Crippen molar-refractivity contribution < 1.29 is 0 Å². The van der Waals surface area contributed by atoms with Gasteiger partial charge in [-0.05, 0) is 32.9 Å². The van der Waals surface area contributed by atoms with Gasteiger partial charge in [-0.2, -0.15) is 0 Å². The number of hydrogen-bond donors (Lipinski definition) is 1. The van der Waals surface area contributed by atoms with Gasteiger partial charge in [0.15, 0.2) is 0 Å². The molecule has 0 unspecified atom stereocenters. The van der Waals surface area contributed by atoms with Crippen molar-refractivity contribution in [3.8, 4) is 0 Å². The second kappa shape index (κ2) is 8.03. The van der Waals surface area contributed by atoms with Crippen LogP contribution in [-0.4, -0.2) is 41.0 Å². The van der Waals surface area contributed by atoms with Crippen LogP contribution in [0.5, 0.6) is 0 Å². The summed E-state index contributed by atoms with van der Waals surface area (Å²) in [6, 6.07) is 2.04. The molecule has 0 aliphatic heterocycles. The first-order chi connectivity index (χ1) is 8.69. The first kappa shape index (κ1) is 14.9. The molecule has 102 valence electrons. The number of likely N-dealkylation sites (N-methyl/N-ethyl adjacent to an activating group) is 1. The molecule has 0 atom stereocenters. The van der Waals surface area contributed by atoms with E-state index < -0.39 is 0 Å². The summed E-state index contributed by atoms with van der Waals surface area (Å²) in [4.78, 5) is 11.2. The third-order valence-electron chi connectivity index (χ3n) is 2.97. The molecule has 0 saturated carbocycles. The quantitative estimate of drug-likeness (QED) is 0.769. The lowest BCUT2D eigenvalue weighted by Gasteiger charge is -2.19. The van der Waals surface area contributed by atoms with Gasteiger partial charge in [-0.3, -0.25) is 0 Å². The third kappa shape index (κ3) is 5.00. The van der Waals surface area contributed by atoms with Gasteiger partial charge in [-0.25, -0.2) is 9.97 Å². The molecule has 0 aromatic carbocycles. The molecule has 0 saturated heterocycles. The van der Waals surface area contributed by atoms with E-state index in [2.05, 4.69) is 41.0 Å². The Hall–Kier alpha value is -1.16. The summed E-state index contributed by atoms with van der Waals surface area (Å²) in [7, 11) is 0. The number of rotatable bonds is 8. The molecule has 0 amide bonds. The Bertz CT molecular complexity index is 352. The second-order valence-corrected chi connectivity index (χ2v) is 4.51. The average molecular weight is 250 g/mol.